The number of likely N-dealkylation sites (N-methyl/N-ethyl adjacent to an activating group) is 1. The van der Waals surface area contributed by atoms with E-state index in [2.05, 4.69) is 42.0 Å². The number of aromatic nitrogens is 5. The van der Waals surface area contributed by atoms with Gasteiger partial charge in [-0.1, -0.05) is 13.0 Å². The number of hydrogen-bond acceptors (Lipinski definition) is 9. The van der Waals surface area contributed by atoms with E-state index in [-0.39, 0.29) is 34.7 Å². The first-order chi connectivity index (χ1) is 19.7. The number of piperazine rings is 1. The summed E-state index contributed by atoms with van der Waals surface area (Å²) < 4.78 is 36.9. The second-order valence-electron chi connectivity index (χ2n) is 10.3. The first kappa shape index (κ1) is 28.5. The van der Waals surface area contributed by atoms with Crippen molar-refractivity contribution >= 4 is 28.8 Å². The van der Waals surface area contributed by atoms with Crippen molar-refractivity contribution < 1.29 is 18.3 Å². The molecule has 1 saturated heterocycles. The number of methoxy groups -OCH3 is 1. The third-order valence-electron chi connectivity index (χ3n) is 7.44. The molecule has 5 rings (SSSR count). The molecule has 4 heterocycles. The highest BCUT2D eigenvalue weighted by Crippen LogP contribution is 2.31. The van der Waals surface area contributed by atoms with Gasteiger partial charge in [0.25, 0.3) is 0 Å². The van der Waals surface area contributed by atoms with E-state index in [1.54, 1.807) is 24.4 Å². The van der Waals surface area contributed by atoms with Crippen LogP contribution in [0.2, 0.25) is 0 Å². The highest BCUT2D eigenvalue weighted by molar-refractivity contribution is 5.83. The molecule has 41 heavy (non-hydrogen) atoms. The number of carbonyl (C=O) groups excluding carboxylic acids is 1. The highest BCUT2D eigenvalue weighted by atomic mass is 19.1. The predicted molar refractivity (Wildman–Crippen MR) is 152 cm³/mol. The fourth-order valence-corrected chi connectivity index (χ4v) is 5.39. The first-order valence-corrected chi connectivity index (χ1v) is 13.7. The molecule has 216 valence electrons. The smallest absolute Gasteiger partial charge is 0.327 e. The Morgan fingerprint density at radius 2 is 1.80 bits per heavy atom. The molecule has 0 amide bonds. The molecule has 1 fully saturated rings. The van der Waals surface area contributed by atoms with Crippen molar-refractivity contribution in [2.75, 3.05) is 45.2 Å². The van der Waals surface area contributed by atoms with Gasteiger partial charge >= 0.3 is 5.97 Å². The van der Waals surface area contributed by atoms with Crippen molar-refractivity contribution in [1.29, 1.82) is 0 Å². The summed E-state index contributed by atoms with van der Waals surface area (Å²) in [6.07, 6.45) is 2.65. The maximum absolute atomic E-state index is 15.0. The molecule has 4 aromatic rings. The molecule has 0 bridgehead atoms. The lowest BCUT2D eigenvalue weighted by molar-refractivity contribution is -0.148. The van der Waals surface area contributed by atoms with Crippen molar-refractivity contribution in [1.82, 2.24) is 34.3 Å². The van der Waals surface area contributed by atoms with Crippen molar-refractivity contribution in [3.05, 3.63) is 59.7 Å². The molecule has 0 spiro atoms. The lowest BCUT2D eigenvalue weighted by atomic mass is 10.1. The number of halogens is 2. The van der Waals surface area contributed by atoms with Crippen LogP contribution in [-0.2, 0) is 9.53 Å². The van der Waals surface area contributed by atoms with E-state index in [1.807, 2.05) is 25.3 Å². The predicted octanol–water partition coefficient (Wildman–Crippen LogP) is 4.65. The van der Waals surface area contributed by atoms with E-state index in [0.29, 0.717) is 22.7 Å². The monoisotopic (exact) mass is 564 g/mol. The minimum atomic E-state index is -0.686. The SMILES string of the molecule is CCN1CCN([C@@H](C(=O)OC)c2ccc(Nc3ncc(F)c(-c4cc(F)c5nc(C)n(C(C)C)c5c4)n3)nc2)CC1. The van der Waals surface area contributed by atoms with Gasteiger partial charge in [0.05, 0.1) is 18.8 Å². The lowest BCUT2D eigenvalue weighted by Crippen LogP contribution is -2.49. The number of imidazole rings is 1. The number of esters is 1. The Balaban J connectivity index is 1.40. The fraction of sp³-hybridized carbons (Fsp3) is 0.414. The van der Waals surface area contributed by atoms with Gasteiger partial charge in [0.15, 0.2) is 11.6 Å². The zero-order valence-electron chi connectivity index (χ0n) is 23.9. The van der Waals surface area contributed by atoms with Gasteiger partial charge in [-0.3, -0.25) is 4.90 Å². The standard InChI is InChI=1S/C29H34F2N8O2/c1-6-37-9-11-38(12-10-37)27(28(40)41-5)19-7-8-24(32-15-19)35-29-33-16-22(31)25(36-29)20-13-21(30)26-23(14-20)39(17(2)3)18(4)34-26/h7-8,13-17,27H,6,9-12H2,1-5H3,(H,32,33,35,36)/t27-/m1/s1. The molecule has 0 aliphatic carbocycles. The summed E-state index contributed by atoms with van der Waals surface area (Å²) >= 11 is 0. The van der Waals surface area contributed by atoms with Crippen LogP contribution in [0.3, 0.4) is 0 Å². The number of rotatable bonds is 8. The van der Waals surface area contributed by atoms with Crippen molar-refractivity contribution in [2.45, 2.75) is 39.8 Å². The average molecular weight is 565 g/mol. The van der Waals surface area contributed by atoms with Gasteiger partial charge in [-0.2, -0.15) is 0 Å². The van der Waals surface area contributed by atoms with E-state index in [0.717, 1.165) is 38.9 Å². The molecule has 1 aliphatic heterocycles. The summed E-state index contributed by atoms with van der Waals surface area (Å²) in [5, 5.41) is 2.98. The summed E-state index contributed by atoms with van der Waals surface area (Å²) in [6, 6.07) is 5.89. The summed E-state index contributed by atoms with van der Waals surface area (Å²) in [4.78, 5) is 34.3. The van der Waals surface area contributed by atoms with Crippen LogP contribution in [0.4, 0.5) is 20.5 Å². The molecular formula is C29H34F2N8O2. The van der Waals surface area contributed by atoms with Gasteiger partial charge in [-0.05, 0) is 51.1 Å². The number of aryl methyl sites for hydroxylation is 1. The molecule has 12 heteroatoms. The normalized spacial score (nSPS) is 15.4. The number of pyridine rings is 1. The number of nitrogens with zero attached hydrogens (tertiary/aromatic N) is 7. The lowest BCUT2D eigenvalue weighted by Gasteiger charge is -2.37. The van der Waals surface area contributed by atoms with Gasteiger partial charge in [-0.25, -0.2) is 33.5 Å². The quantitative estimate of drug-likeness (QED) is 0.307. The number of carbonyl (C=O) groups is 1. The Morgan fingerprint density at radius 3 is 2.44 bits per heavy atom. The number of benzene rings is 1. The Hall–Kier alpha value is -4.03. The number of hydrogen-bond donors (Lipinski definition) is 1. The van der Waals surface area contributed by atoms with Crippen LogP contribution in [0.25, 0.3) is 22.3 Å². The zero-order valence-corrected chi connectivity index (χ0v) is 23.9. The van der Waals surface area contributed by atoms with Crippen molar-refractivity contribution in [3.63, 3.8) is 0 Å². The second kappa shape index (κ2) is 11.8. The van der Waals surface area contributed by atoms with Gasteiger partial charge in [0.1, 0.15) is 28.9 Å². The zero-order chi connectivity index (χ0) is 29.3. The first-order valence-electron chi connectivity index (χ1n) is 13.7. The molecule has 0 radical (unpaired) electrons. The Labute approximate surface area is 237 Å². The summed E-state index contributed by atoms with van der Waals surface area (Å²) in [5.41, 5.74) is 1.72. The summed E-state index contributed by atoms with van der Waals surface area (Å²) in [6.45, 7) is 12.1. The van der Waals surface area contributed by atoms with Crippen LogP contribution < -0.4 is 5.32 Å². The number of fused-ring (bicyclic) bond motifs is 1. The Morgan fingerprint density at radius 1 is 1.05 bits per heavy atom. The topological polar surface area (TPSA) is 101 Å². The number of nitrogens with one attached hydrogen (secondary N) is 1. The third-order valence-corrected chi connectivity index (χ3v) is 7.44. The van der Waals surface area contributed by atoms with E-state index in [1.165, 1.54) is 13.2 Å². The number of anilines is 2. The minimum Gasteiger partial charge on any atom is -0.468 e. The van der Waals surface area contributed by atoms with Crippen LogP contribution in [0.1, 0.15) is 44.2 Å². The van der Waals surface area contributed by atoms with Crippen molar-refractivity contribution in [3.8, 4) is 11.3 Å². The van der Waals surface area contributed by atoms with Gasteiger partial charge in [-0.15, -0.1) is 0 Å². The van der Waals surface area contributed by atoms with E-state index >= 15 is 4.39 Å². The van der Waals surface area contributed by atoms with E-state index in [9.17, 15) is 9.18 Å². The highest BCUT2D eigenvalue weighted by Gasteiger charge is 2.31. The van der Waals surface area contributed by atoms with Crippen LogP contribution >= 0.6 is 0 Å². The maximum Gasteiger partial charge on any atom is 0.327 e. The molecule has 1 N–H and O–H groups in total. The summed E-state index contributed by atoms with van der Waals surface area (Å²) in [5.74, 6) is -0.419. The minimum absolute atomic E-state index is 0.0379. The molecule has 1 atom stereocenters. The molecule has 1 aliphatic rings. The van der Waals surface area contributed by atoms with Gasteiger partial charge in [0, 0.05) is 44.0 Å². The molecular weight excluding hydrogens is 530 g/mol. The van der Waals surface area contributed by atoms with Crippen LogP contribution in [-0.4, -0.2) is 80.1 Å². The van der Waals surface area contributed by atoms with E-state index in [4.69, 9.17) is 4.74 Å². The second-order valence-corrected chi connectivity index (χ2v) is 10.3. The van der Waals surface area contributed by atoms with E-state index < -0.39 is 17.7 Å². The third kappa shape index (κ3) is 5.75. The summed E-state index contributed by atoms with van der Waals surface area (Å²) in [7, 11) is 1.38. The van der Waals surface area contributed by atoms with Crippen LogP contribution in [0, 0.1) is 18.6 Å². The molecule has 0 unspecified atom stereocenters. The maximum atomic E-state index is 15.0. The van der Waals surface area contributed by atoms with Gasteiger partial charge in [0.2, 0.25) is 5.95 Å². The molecule has 3 aromatic heterocycles. The largest absolute Gasteiger partial charge is 0.468 e. The molecule has 0 saturated carbocycles. The van der Waals surface area contributed by atoms with Crippen molar-refractivity contribution in [2.24, 2.45) is 0 Å². The fourth-order valence-electron chi connectivity index (χ4n) is 5.39. The number of ether oxygens (including phenoxy) is 1. The Kier molecular flexibility index (Phi) is 8.22. The Bertz CT molecular complexity index is 1550. The average Bonchev–Trinajstić information content (AvgIpc) is 3.32. The van der Waals surface area contributed by atoms with Gasteiger partial charge < -0.3 is 19.5 Å². The molecule has 10 nitrogen and oxygen atoms in total. The van der Waals surface area contributed by atoms with Crippen LogP contribution in [0.5, 0.6) is 0 Å². The molecule has 1 aromatic carbocycles. The van der Waals surface area contributed by atoms with Crippen LogP contribution in [0.15, 0.2) is 36.7 Å².